The first-order valence-electron chi connectivity index (χ1n) is 17.5. The number of nitrogens with zero attached hydrogens (tertiary/aromatic N) is 3. The number of likely N-dealkylation sites (tertiary alicyclic amines) is 1. The molecule has 3 N–H and O–H groups in total. The number of hydrogen-bond donors (Lipinski definition) is 3. The van der Waals surface area contributed by atoms with E-state index in [0.29, 0.717) is 90.2 Å². The number of benzene rings is 2. The third kappa shape index (κ3) is 6.11. The Balaban J connectivity index is 1.51. The van der Waals surface area contributed by atoms with Crippen LogP contribution in [0.15, 0.2) is 69.8 Å². The number of fused-ring (bicyclic) bond motifs is 2. The van der Waals surface area contributed by atoms with E-state index in [1.807, 2.05) is 26.8 Å². The predicted octanol–water partition coefficient (Wildman–Crippen LogP) is 7.98. The van der Waals surface area contributed by atoms with Gasteiger partial charge in [0.05, 0.1) is 17.4 Å². The third-order valence-corrected chi connectivity index (χ3v) is 10.7. The quantitative estimate of drug-likeness (QED) is 0.152. The number of allylic oxidation sites excluding steroid dienone is 5. The van der Waals surface area contributed by atoms with Crippen LogP contribution in [0.5, 0.6) is 5.75 Å². The number of ether oxygens (including phenoxy) is 1. The van der Waals surface area contributed by atoms with Gasteiger partial charge in [-0.2, -0.15) is 4.99 Å². The zero-order chi connectivity index (χ0) is 34.2. The lowest BCUT2D eigenvalue weighted by molar-refractivity contribution is 0.0713. The van der Waals surface area contributed by atoms with Gasteiger partial charge in [-0.3, -0.25) is 10.3 Å². The molecule has 256 valence electrons. The number of halogens is 2. The topological polar surface area (TPSA) is 92.4 Å². The molecule has 3 aliphatic heterocycles. The lowest BCUT2D eigenvalue weighted by atomic mass is 9.79. The van der Waals surface area contributed by atoms with E-state index in [-0.39, 0.29) is 28.1 Å². The van der Waals surface area contributed by atoms with Gasteiger partial charge < -0.3 is 19.8 Å². The van der Waals surface area contributed by atoms with E-state index in [9.17, 15) is 15.6 Å². The van der Waals surface area contributed by atoms with Crippen LogP contribution in [0.25, 0.3) is 16.3 Å². The van der Waals surface area contributed by atoms with Crippen molar-refractivity contribution in [2.45, 2.75) is 90.7 Å². The Morgan fingerprint density at radius 2 is 1.81 bits per heavy atom. The standard InChI is InChI=1S/C39H48F2N4O3/c1-5-10-32(48-23-39-15-8-17-45(39)18-9-16-39)43-38(44-19-13-26(46)14-20-44)33-24(4)36(41)35(37(42)29(33)7-3)30-22-27(47)21-25-11-12-31(40)28(6-2)34(25)30/h7,10-12,21-22,26,42,46-47H,5-6,8-9,13-20,23H2,1-4H3/b29-7-,32-10-,42-37?,43-38+. The summed E-state index contributed by atoms with van der Waals surface area (Å²) in [5, 5.41) is 31.6. The molecule has 7 nitrogen and oxygen atoms in total. The van der Waals surface area contributed by atoms with Gasteiger partial charge in [0.1, 0.15) is 29.8 Å². The number of piperidine rings is 1. The van der Waals surface area contributed by atoms with Crippen molar-refractivity contribution in [3.8, 4) is 5.75 Å². The maximum Gasteiger partial charge on any atom is 0.211 e. The minimum atomic E-state index is -0.614. The molecule has 3 fully saturated rings. The van der Waals surface area contributed by atoms with Crippen molar-refractivity contribution >= 4 is 27.9 Å². The molecule has 0 bridgehead atoms. The number of aromatic hydroxyl groups is 1. The van der Waals surface area contributed by atoms with E-state index < -0.39 is 17.7 Å². The van der Waals surface area contributed by atoms with Crippen LogP contribution < -0.4 is 0 Å². The van der Waals surface area contributed by atoms with Gasteiger partial charge in [-0.05, 0) is 130 Å². The summed E-state index contributed by atoms with van der Waals surface area (Å²) in [5.74, 6) is -0.117. The van der Waals surface area contributed by atoms with Crippen LogP contribution in [-0.4, -0.2) is 76.0 Å². The Morgan fingerprint density at radius 3 is 2.46 bits per heavy atom. The molecule has 2 aromatic carbocycles. The van der Waals surface area contributed by atoms with E-state index in [4.69, 9.17) is 9.73 Å². The predicted molar refractivity (Wildman–Crippen MR) is 189 cm³/mol. The minimum absolute atomic E-state index is 0.0150. The molecule has 3 saturated heterocycles. The van der Waals surface area contributed by atoms with Crippen LogP contribution in [0.1, 0.15) is 83.8 Å². The van der Waals surface area contributed by atoms with E-state index in [0.717, 1.165) is 38.8 Å². The highest BCUT2D eigenvalue weighted by Crippen LogP contribution is 2.44. The summed E-state index contributed by atoms with van der Waals surface area (Å²) in [7, 11) is 0. The summed E-state index contributed by atoms with van der Waals surface area (Å²) >= 11 is 0. The highest BCUT2D eigenvalue weighted by Gasteiger charge is 2.45. The molecule has 0 atom stereocenters. The van der Waals surface area contributed by atoms with Gasteiger partial charge in [-0.25, -0.2) is 8.78 Å². The van der Waals surface area contributed by atoms with Crippen LogP contribution in [0.3, 0.4) is 0 Å². The normalized spacial score (nSPS) is 22.1. The van der Waals surface area contributed by atoms with Gasteiger partial charge in [0, 0.05) is 29.8 Å². The van der Waals surface area contributed by atoms with Crippen molar-refractivity contribution in [1.82, 2.24) is 9.80 Å². The van der Waals surface area contributed by atoms with Crippen LogP contribution in [0.2, 0.25) is 0 Å². The number of phenolic OH excluding ortho intramolecular Hbond substituents is 1. The lowest BCUT2D eigenvalue weighted by Crippen LogP contribution is -2.43. The van der Waals surface area contributed by atoms with Gasteiger partial charge in [0.25, 0.3) is 0 Å². The smallest absolute Gasteiger partial charge is 0.211 e. The second-order valence-electron chi connectivity index (χ2n) is 13.5. The van der Waals surface area contributed by atoms with E-state index in [1.165, 1.54) is 12.1 Å². The molecule has 0 aromatic heterocycles. The van der Waals surface area contributed by atoms with Crippen molar-refractivity contribution in [1.29, 1.82) is 5.41 Å². The first kappa shape index (κ1) is 34.1. The molecule has 2 aromatic rings. The number of aryl methyl sites for hydroxylation is 1. The summed E-state index contributed by atoms with van der Waals surface area (Å²) in [5.41, 5.74) is 1.97. The molecule has 48 heavy (non-hydrogen) atoms. The second-order valence-corrected chi connectivity index (χ2v) is 13.5. The molecular formula is C39H48F2N4O3. The van der Waals surface area contributed by atoms with Crippen LogP contribution >= 0.6 is 0 Å². The van der Waals surface area contributed by atoms with Crippen LogP contribution in [0.4, 0.5) is 8.78 Å². The summed E-state index contributed by atoms with van der Waals surface area (Å²) in [6.45, 7) is 11.1. The zero-order valence-corrected chi connectivity index (χ0v) is 28.6. The molecule has 4 aliphatic rings. The fraction of sp³-hybridized carbons (Fsp3) is 0.487. The Morgan fingerprint density at radius 1 is 1.10 bits per heavy atom. The summed E-state index contributed by atoms with van der Waals surface area (Å²) in [6, 6.07) is 5.91. The van der Waals surface area contributed by atoms with Crippen molar-refractivity contribution in [2.75, 3.05) is 32.8 Å². The number of aliphatic imine (C=N–C) groups is 1. The second kappa shape index (κ2) is 14.0. The minimum Gasteiger partial charge on any atom is -0.508 e. The number of hydrogen-bond acceptors (Lipinski definition) is 6. The number of phenols is 1. The van der Waals surface area contributed by atoms with Gasteiger partial charge in [0.15, 0.2) is 0 Å². The maximum atomic E-state index is 17.0. The molecule has 0 saturated carbocycles. The Bertz CT molecular complexity index is 1750. The first-order valence-corrected chi connectivity index (χ1v) is 17.5. The fourth-order valence-electron chi connectivity index (χ4n) is 8.19. The Kier molecular flexibility index (Phi) is 9.91. The fourth-order valence-corrected chi connectivity index (χ4v) is 8.19. The van der Waals surface area contributed by atoms with Crippen LogP contribution in [0, 0.1) is 11.2 Å². The molecule has 1 aliphatic carbocycles. The molecule has 0 radical (unpaired) electrons. The number of aliphatic hydroxyl groups is 1. The molecule has 9 heteroatoms. The molecule has 3 heterocycles. The van der Waals surface area contributed by atoms with Crippen LogP contribution in [-0.2, 0) is 11.2 Å². The van der Waals surface area contributed by atoms with Crippen molar-refractivity contribution < 1.29 is 23.7 Å². The number of rotatable bonds is 8. The number of nitrogens with one attached hydrogen (secondary N) is 1. The summed E-state index contributed by atoms with van der Waals surface area (Å²) in [6.07, 6.45) is 10.0. The highest BCUT2D eigenvalue weighted by molar-refractivity contribution is 6.38. The molecular weight excluding hydrogens is 610 g/mol. The SMILES string of the molecule is C/C=C1\C(=N)C(c2cc(O)cc3ccc(F)c(CC)c23)=C(F)C(C)=C1/C(=N\C(=C\CC)OCC12CCCN1CCC2)N1CCC(O)CC1. The summed E-state index contributed by atoms with van der Waals surface area (Å²) < 4.78 is 38.7. The van der Waals surface area contributed by atoms with E-state index >= 15 is 8.78 Å². The maximum absolute atomic E-state index is 17.0. The molecule has 0 unspecified atom stereocenters. The zero-order valence-electron chi connectivity index (χ0n) is 28.6. The van der Waals surface area contributed by atoms with Crippen molar-refractivity contribution in [2.24, 2.45) is 4.99 Å². The molecule has 0 spiro atoms. The average Bonchev–Trinajstić information content (AvgIpc) is 3.65. The summed E-state index contributed by atoms with van der Waals surface area (Å²) in [4.78, 5) is 9.75. The average molecular weight is 659 g/mol. The third-order valence-electron chi connectivity index (χ3n) is 10.7. The lowest BCUT2D eigenvalue weighted by Gasteiger charge is -2.36. The van der Waals surface area contributed by atoms with Gasteiger partial charge >= 0.3 is 0 Å². The molecule has 6 rings (SSSR count). The monoisotopic (exact) mass is 658 g/mol. The van der Waals surface area contributed by atoms with Gasteiger partial charge in [0.2, 0.25) is 5.88 Å². The van der Waals surface area contributed by atoms with E-state index in [1.54, 1.807) is 25.1 Å². The Hall–Kier alpha value is -3.82. The van der Waals surface area contributed by atoms with E-state index in [2.05, 4.69) is 9.80 Å². The Labute approximate surface area is 282 Å². The highest BCUT2D eigenvalue weighted by atomic mass is 19.1. The number of amidine groups is 1. The van der Waals surface area contributed by atoms with Crippen molar-refractivity contribution in [3.05, 3.63) is 81.8 Å². The van der Waals surface area contributed by atoms with Gasteiger partial charge in [-0.15, -0.1) is 0 Å². The number of aliphatic hydroxyl groups excluding tert-OH is 1. The largest absolute Gasteiger partial charge is 0.508 e. The first-order chi connectivity index (χ1) is 23.1. The van der Waals surface area contributed by atoms with Gasteiger partial charge in [-0.1, -0.05) is 26.0 Å². The molecule has 0 amide bonds. The van der Waals surface area contributed by atoms with Crippen molar-refractivity contribution in [3.63, 3.8) is 0 Å².